The molecule has 0 fully saturated rings. The molecule has 2 aromatic rings. The first-order chi connectivity index (χ1) is 9.54. The molecule has 0 spiro atoms. The largest absolute Gasteiger partial charge is 0.465 e. The topological polar surface area (TPSA) is 42.4 Å². The summed E-state index contributed by atoms with van der Waals surface area (Å²) in [6.07, 6.45) is 0. The smallest absolute Gasteiger partial charge is 0.351 e. The van der Waals surface area contributed by atoms with Gasteiger partial charge in [-0.3, -0.25) is 0 Å². The van der Waals surface area contributed by atoms with Crippen LogP contribution in [0, 0.1) is 0 Å². The molecule has 1 heterocycles. The number of nitrogens with zero attached hydrogens (tertiary/aromatic N) is 2. The molecular formula is C14H15ClN2O2S. The van der Waals surface area contributed by atoms with Gasteiger partial charge in [-0.1, -0.05) is 53.3 Å². The number of esters is 1. The van der Waals surface area contributed by atoms with Gasteiger partial charge in [-0.15, -0.1) is 0 Å². The number of hydrogen-bond acceptors (Lipinski definition) is 5. The second-order valence-corrected chi connectivity index (χ2v) is 5.64. The molecule has 0 aliphatic heterocycles. The molecule has 0 aliphatic rings. The average Bonchev–Trinajstić information content (AvgIpc) is 2.87. The van der Waals surface area contributed by atoms with Crippen LogP contribution in [0.4, 0.5) is 5.13 Å². The second-order valence-electron chi connectivity index (χ2n) is 4.31. The highest BCUT2D eigenvalue weighted by Crippen LogP contribution is 2.33. The molecule has 4 nitrogen and oxygen atoms in total. The van der Waals surface area contributed by atoms with E-state index in [1.165, 1.54) is 24.0 Å². The summed E-state index contributed by atoms with van der Waals surface area (Å²) in [5, 5.41) is 0.871. The fourth-order valence-corrected chi connectivity index (χ4v) is 3.02. The molecule has 0 saturated carbocycles. The Labute approximate surface area is 127 Å². The third kappa shape index (κ3) is 2.94. The lowest BCUT2D eigenvalue weighted by Crippen LogP contribution is -2.21. The molecule has 1 atom stereocenters. The number of aromatic nitrogens is 1. The van der Waals surface area contributed by atoms with Crippen molar-refractivity contribution in [2.24, 2.45) is 0 Å². The van der Waals surface area contributed by atoms with Crippen molar-refractivity contribution < 1.29 is 9.53 Å². The van der Waals surface area contributed by atoms with Crippen LogP contribution < -0.4 is 4.90 Å². The molecule has 0 N–H and O–H groups in total. The predicted octanol–water partition coefficient (Wildman–Crippen LogP) is 3.78. The van der Waals surface area contributed by atoms with Crippen LogP contribution in [-0.2, 0) is 4.74 Å². The molecule has 1 aromatic carbocycles. The van der Waals surface area contributed by atoms with E-state index >= 15 is 0 Å². The van der Waals surface area contributed by atoms with Gasteiger partial charge >= 0.3 is 5.97 Å². The van der Waals surface area contributed by atoms with Gasteiger partial charge in [-0.05, 0) is 12.5 Å². The summed E-state index contributed by atoms with van der Waals surface area (Å²) in [5.41, 5.74) is 1.17. The number of benzene rings is 1. The lowest BCUT2D eigenvalue weighted by molar-refractivity contribution is 0.0606. The molecule has 20 heavy (non-hydrogen) atoms. The SMILES string of the molecule is COC(=O)c1sc(N(C)C(C)c2ccccc2)nc1Cl. The van der Waals surface area contributed by atoms with Gasteiger partial charge in [0.2, 0.25) is 0 Å². The van der Waals surface area contributed by atoms with Gasteiger partial charge in [0.1, 0.15) is 0 Å². The van der Waals surface area contributed by atoms with Crippen molar-refractivity contribution in [1.82, 2.24) is 4.98 Å². The average molecular weight is 311 g/mol. The molecule has 0 radical (unpaired) electrons. The molecule has 1 aromatic heterocycles. The zero-order valence-electron chi connectivity index (χ0n) is 11.5. The van der Waals surface area contributed by atoms with Crippen LogP contribution in [0.2, 0.25) is 5.15 Å². The van der Waals surface area contributed by atoms with Gasteiger partial charge in [-0.25, -0.2) is 9.78 Å². The summed E-state index contributed by atoms with van der Waals surface area (Å²) in [4.78, 5) is 18.1. The van der Waals surface area contributed by atoms with Gasteiger partial charge in [0, 0.05) is 7.05 Å². The molecular weight excluding hydrogens is 296 g/mol. The van der Waals surface area contributed by atoms with Crippen LogP contribution in [-0.4, -0.2) is 25.1 Å². The molecule has 106 valence electrons. The fraction of sp³-hybridized carbons (Fsp3) is 0.286. The van der Waals surface area contributed by atoms with Crippen LogP contribution in [0.1, 0.15) is 28.2 Å². The predicted molar refractivity (Wildman–Crippen MR) is 81.7 cm³/mol. The fourth-order valence-electron chi connectivity index (χ4n) is 1.78. The monoisotopic (exact) mass is 310 g/mol. The van der Waals surface area contributed by atoms with E-state index in [0.717, 1.165) is 0 Å². The Morgan fingerprint density at radius 1 is 1.40 bits per heavy atom. The van der Waals surface area contributed by atoms with Crippen molar-refractivity contribution in [3.63, 3.8) is 0 Å². The maximum Gasteiger partial charge on any atom is 0.351 e. The van der Waals surface area contributed by atoms with Gasteiger partial charge in [-0.2, -0.15) is 0 Å². The van der Waals surface area contributed by atoms with Crippen LogP contribution in [0.5, 0.6) is 0 Å². The number of halogens is 1. The minimum Gasteiger partial charge on any atom is -0.465 e. The molecule has 0 saturated heterocycles. The van der Waals surface area contributed by atoms with Crippen LogP contribution in [0.15, 0.2) is 30.3 Å². The van der Waals surface area contributed by atoms with E-state index in [-0.39, 0.29) is 11.2 Å². The Balaban J connectivity index is 2.25. The van der Waals surface area contributed by atoms with E-state index in [4.69, 9.17) is 11.6 Å². The van der Waals surface area contributed by atoms with Crippen molar-refractivity contribution in [3.8, 4) is 0 Å². The molecule has 1 unspecified atom stereocenters. The van der Waals surface area contributed by atoms with Crippen LogP contribution in [0.3, 0.4) is 0 Å². The number of hydrogen-bond donors (Lipinski definition) is 0. The third-order valence-corrected chi connectivity index (χ3v) is 4.62. The number of thiazole rings is 1. The minimum atomic E-state index is -0.459. The lowest BCUT2D eigenvalue weighted by Gasteiger charge is -2.24. The van der Waals surface area contributed by atoms with Gasteiger partial charge in [0.05, 0.1) is 13.2 Å². The highest BCUT2D eigenvalue weighted by molar-refractivity contribution is 7.18. The standard InChI is InChI=1S/C14H15ClN2O2S/c1-9(10-7-5-4-6-8-10)17(2)14-16-12(15)11(20-14)13(18)19-3/h4-9H,1-3H3. The maximum absolute atomic E-state index is 11.6. The first-order valence-corrected chi connectivity index (χ1v) is 7.26. The van der Waals surface area contributed by atoms with Crippen molar-refractivity contribution >= 4 is 34.0 Å². The highest BCUT2D eigenvalue weighted by atomic mass is 35.5. The normalized spacial score (nSPS) is 12.0. The summed E-state index contributed by atoms with van der Waals surface area (Å²) in [7, 11) is 3.25. The van der Waals surface area contributed by atoms with E-state index in [2.05, 4.69) is 28.8 Å². The quantitative estimate of drug-likeness (QED) is 0.806. The summed E-state index contributed by atoms with van der Waals surface area (Å²) in [6, 6.07) is 10.2. The third-order valence-electron chi connectivity index (χ3n) is 3.11. The Morgan fingerprint density at radius 2 is 2.05 bits per heavy atom. The van der Waals surface area contributed by atoms with Crippen molar-refractivity contribution in [2.75, 3.05) is 19.1 Å². The first kappa shape index (κ1) is 14.8. The number of ether oxygens (including phenoxy) is 1. The Morgan fingerprint density at radius 3 is 2.65 bits per heavy atom. The summed E-state index contributed by atoms with van der Waals surface area (Å²) in [5.74, 6) is -0.459. The molecule has 0 bridgehead atoms. The van der Waals surface area contributed by atoms with Gasteiger partial charge in [0.15, 0.2) is 15.2 Å². The van der Waals surface area contributed by atoms with Gasteiger partial charge < -0.3 is 9.64 Å². The summed E-state index contributed by atoms with van der Waals surface area (Å²) in [6.45, 7) is 2.07. The Kier molecular flexibility index (Phi) is 4.62. The number of carbonyl (C=O) groups is 1. The van der Waals surface area contributed by atoms with E-state index in [9.17, 15) is 4.79 Å². The second kappa shape index (κ2) is 6.24. The van der Waals surface area contributed by atoms with E-state index in [1.54, 1.807) is 0 Å². The first-order valence-electron chi connectivity index (χ1n) is 6.07. The van der Waals surface area contributed by atoms with E-state index in [1.807, 2.05) is 30.1 Å². The molecule has 6 heteroatoms. The van der Waals surface area contributed by atoms with Crippen LogP contribution >= 0.6 is 22.9 Å². The number of methoxy groups -OCH3 is 1. The number of carbonyl (C=O) groups excluding carboxylic acids is 1. The lowest BCUT2D eigenvalue weighted by atomic mass is 10.1. The highest BCUT2D eigenvalue weighted by Gasteiger charge is 2.21. The molecule has 0 aliphatic carbocycles. The summed E-state index contributed by atoms with van der Waals surface area (Å²) >= 11 is 7.22. The van der Waals surface area contributed by atoms with Crippen molar-refractivity contribution in [2.45, 2.75) is 13.0 Å². The maximum atomic E-state index is 11.6. The molecule has 2 rings (SSSR count). The summed E-state index contributed by atoms with van der Waals surface area (Å²) < 4.78 is 4.68. The minimum absolute atomic E-state index is 0.129. The van der Waals surface area contributed by atoms with Crippen LogP contribution in [0.25, 0.3) is 0 Å². The Bertz CT molecular complexity index is 600. The van der Waals surface area contributed by atoms with Crippen molar-refractivity contribution in [1.29, 1.82) is 0 Å². The van der Waals surface area contributed by atoms with Gasteiger partial charge in [0.25, 0.3) is 0 Å². The number of rotatable bonds is 4. The zero-order valence-corrected chi connectivity index (χ0v) is 13.0. The van der Waals surface area contributed by atoms with E-state index < -0.39 is 5.97 Å². The Hall–Kier alpha value is -1.59. The number of anilines is 1. The van der Waals surface area contributed by atoms with Crippen molar-refractivity contribution in [3.05, 3.63) is 45.9 Å². The van der Waals surface area contributed by atoms with E-state index in [0.29, 0.717) is 10.0 Å². The molecule has 0 amide bonds. The zero-order chi connectivity index (χ0) is 14.7.